The summed E-state index contributed by atoms with van der Waals surface area (Å²) in [6.45, 7) is 3.65. The summed E-state index contributed by atoms with van der Waals surface area (Å²) in [7, 11) is 0. The molecule has 2 aromatic carbocycles. The van der Waals surface area contributed by atoms with Gasteiger partial charge in [-0.2, -0.15) is 10.1 Å². The number of rotatable bonds is 4. The van der Waals surface area contributed by atoms with Crippen LogP contribution in [-0.4, -0.2) is 25.6 Å². The van der Waals surface area contributed by atoms with Crippen LogP contribution in [0.2, 0.25) is 0 Å². The predicted molar refractivity (Wildman–Crippen MR) is 114 cm³/mol. The van der Waals surface area contributed by atoms with Gasteiger partial charge in [-0.3, -0.25) is 4.79 Å². The number of ether oxygens (including phenoxy) is 1. The normalized spacial score (nSPS) is 11.4. The van der Waals surface area contributed by atoms with Gasteiger partial charge in [-0.15, -0.1) is 0 Å². The van der Waals surface area contributed by atoms with Crippen molar-refractivity contribution in [2.24, 2.45) is 0 Å². The Morgan fingerprint density at radius 1 is 1.16 bits per heavy atom. The van der Waals surface area contributed by atoms with E-state index < -0.39 is 11.6 Å². The molecule has 8 nitrogen and oxygen atoms in total. The average molecular weight is 414 g/mol. The SMILES string of the molecule is Cc1nc2ncnn2c(C)c1CC(=O)OCc1cc(=O)oc2ccc3ccccc3c12. The van der Waals surface area contributed by atoms with Crippen molar-refractivity contribution < 1.29 is 13.9 Å². The highest BCUT2D eigenvalue weighted by atomic mass is 16.5. The van der Waals surface area contributed by atoms with Gasteiger partial charge in [-0.1, -0.05) is 30.3 Å². The van der Waals surface area contributed by atoms with E-state index in [-0.39, 0.29) is 13.0 Å². The fourth-order valence-electron chi connectivity index (χ4n) is 3.90. The molecule has 154 valence electrons. The van der Waals surface area contributed by atoms with Crippen molar-refractivity contribution in [1.82, 2.24) is 19.6 Å². The van der Waals surface area contributed by atoms with E-state index in [0.29, 0.717) is 22.6 Å². The minimum atomic E-state index is -0.485. The minimum absolute atomic E-state index is 0.0357. The summed E-state index contributed by atoms with van der Waals surface area (Å²) in [5.74, 6) is 0.0653. The van der Waals surface area contributed by atoms with E-state index in [2.05, 4.69) is 15.1 Å². The maximum absolute atomic E-state index is 12.7. The van der Waals surface area contributed by atoms with Gasteiger partial charge < -0.3 is 9.15 Å². The largest absolute Gasteiger partial charge is 0.461 e. The van der Waals surface area contributed by atoms with Crippen LogP contribution in [0.3, 0.4) is 0 Å². The highest BCUT2D eigenvalue weighted by molar-refractivity contribution is 6.07. The summed E-state index contributed by atoms with van der Waals surface area (Å²) in [5, 5.41) is 6.85. The average Bonchev–Trinajstić information content (AvgIpc) is 3.23. The van der Waals surface area contributed by atoms with E-state index in [4.69, 9.17) is 9.15 Å². The zero-order chi connectivity index (χ0) is 21.5. The number of fused-ring (bicyclic) bond motifs is 4. The molecule has 0 saturated heterocycles. The molecule has 0 fully saturated rings. The standard InChI is InChI=1S/C23H18N4O4/c1-13-18(14(2)27-23(26-13)24-12-25-27)10-20(28)30-11-16-9-21(29)31-19-8-7-15-5-3-4-6-17(15)22(16)19/h3-9,12H,10-11H2,1-2H3. The van der Waals surface area contributed by atoms with Gasteiger partial charge >= 0.3 is 11.6 Å². The van der Waals surface area contributed by atoms with Crippen molar-refractivity contribution >= 4 is 33.5 Å². The van der Waals surface area contributed by atoms with Gasteiger partial charge in [-0.25, -0.2) is 14.3 Å². The summed E-state index contributed by atoms with van der Waals surface area (Å²) in [5.41, 5.74) is 2.81. The molecule has 0 aliphatic heterocycles. The van der Waals surface area contributed by atoms with Gasteiger partial charge in [0, 0.05) is 34.0 Å². The van der Waals surface area contributed by atoms with Crippen LogP contribution >= 0.6 is 0 Å². The quantitative estimate of drug-likeness (QED) is 0.253. The second kappa shape index (κ2) is 7.32. The Labute approximate surface area is 176 Å². The summed E-state index contributed by atoms with van der Waals surface area (Å²) in [4.78, 5) is 33.2. The van der Waals surface area contributed by atoms with Crippen LogP contribution in [0, 0.1) is 13.8 Å². The fraction of sp³-hybridized carbons (Fsp3) is 0.174. The van der Waals surface area contributed by atoms with Crippen LogP contribution in [0.4, 0.5) is 0 Å². The molecule has 0 atom stereocenters. The molecule has 0 radical (unpaired) electrons. The van der Waals surface area contributed by atoms with Crippen molar-refractivity contribution in [3.05, 3.63) is 81.7 Å². The Bertz CT molecular complexity index is 1530. The predicted octanol–water partition coefficient (Wildman–Crippen LogP) is 3.29. The topological polar surface area (TPSA) is 99.6 Å². The molecule has 0 bridgehead atoms. The lowest BCUT2D eigenvalue weighted by atomic mass is 10.0. The monoisotopic (exact) mass is 414 g/mol. The number of carbonyl (C=O) groups is 1. The van der Waals surface area contributed by atoms with Gasteiger partial charge in [0.15, 0.2) is 0 Å². The molecule has 5 rings (SSSR count). The lowest BCUT2D eigenvalue weighted by molar-refractivity contribution is -0.144. The summed E-state index contributed by atoms with van der Waals surface area (Å²) < 4.78 is 12.5. The molecule has 0 spiro atoms. The first-order valence-electron chi connectivity index (χ1n) is 9.77. The number of hydrogen-bond donors (Lipinski definition) is 0. The molecular formula is C23H18N4O4. The smallest absolute Gasteiger partial charge is 0.336 e. The number of esters is 1. The molecule has 0 amide bonds. The van der Waals surface area contributed by atoms with E-state index in [1.165, 1.54) is 12.4 Å². The second-order valence-electron chi connectivity index (χ2n) is 7.32. The van der Waals surface area contributed by atoms with Crippen LogP contribution in [0.5, 0.6) is 0 Å². The van der Waals surface area contributed by atoms with Gasteiger partial charge in [-0.05, 0) is 30.7 Å². The maximum Gasteiger partial charge on any atom is 0.336 e. The third-order valence-corrected chi connectivity index (χ3v) is 5.41. The van der Waals surface area contributed by atoms with Crippen LogP contribution in [-0.2, 0) is 22.6 Å². The molecular weight excluding hydrogens is 396 g/mol. The summed E-state index contributed by atoms with van der Waals surface area (Å²) in [6, 6.07) is 12.8. The van der Waals surface area contributed by atoms with E-state index >= 15 is 0 Å². The molecule has 0 aliphatic rings. The number of hydrogen-bond acceptors (Lipinski definition) is 7. The Hall–Kier alpha value is -4.07. The number of carbonyl (C=O) groups excluding carboxylic acids is 1. The Morgan fingerprint density at radius 3 is 2.87 bits per heavy atom. The zero-order valence-corrected chi connectivity index (χ0v) is 17.0. The molecule has 8 heteroatoms. The maximum atomic E-state index is 12.7. The van der Waals surface area contributed by atoms with Crippen molar-refractivity contribution in [3.8, 4) is 0 Å². The van der Waals surface area contributed by atoms with Gasteiger partial charge in [0.25, 0.3) is 5.78 Å². The van der Waals surface area contributed by atoms with Crippen LogP contribution in [0.15, 0.2) is 58.0 Å². The van der Waals surface area contributed by atoms with Gasteiger partial charge in [0.05, 0.1) is 6.42 Å². The molecule has 0 N–H and O–H groups in total. The number of nitrogens with zero attached hydrogens (tertiary/aromatic N) is 4. The van der Waals surface area contributed by atoms with Crippen molar-refractivity contribution in [2.45, 2.75) is 26.9 Å². The molecule has 31 heavy (non-hydrogen) atoms. The lowest BCUT2D eigenvalue weighted by Gasteiger charge is -2.12. The number of benzene rings is 2. The van der Waals surface area contributed by atoms with Crippen LogP contribution in [0.1, 0.15) is 22.5 Å². The Kier molecular flexibility index (Phi) is 4.47. The van der Waals surface area contributed by atoms with Crippen molar-refractivity contribution in [1.29, 1.82) is 0 Å². The van der Waals surface area contributed by atoms with Crippen molar-refractivity contribution in [3.63, 3.8) is 0 Å². The molecule has 3 aromatic heterocycles. The molecule has 0 saturated carbocycles. The Morgan fingerprint density at radius 2 is 2.00 bits per heavy atom. The molecule has 3 heterocycles. The fourth-order valence-corrected chi connectivity index (χ4v) is 3.90. The third kappa shape index (κ3) is 3.31. The van der Waals surface area contributed by atoms with Crippen molar-refractivity contribution in [2.75, 3.05) is 0 Å². The molecule has 5 aromatic rings. The van der Waals surface area contributed by atoms with Gasteiger partial charge in [0.1, 0.15) is 18.5 Å². The third-order valence-electron chi connectivity index (χ3n) is 5.41. The highest BCUT2D eigenvalue weighted by Gasteiger charge is 2.17. The zero-order valence-electron chi connectivity index (χ0n) is 17.0. The first-order chi connectivity index (χ1) is 15.0. The molecule has 0 unspecified atom stereocenters. The van der Waals surface area contributed by atoms with Crippen LogP contribution < -0.4 is 5.63 Å². The second-order valence-corrected chi connectivity index (χ2v) is 7.32. The molecule has 0 aliphatic carbocycles. The van der Waals surface area contributed by atoms with E-state index in [0.717, 1.165) is 27.4 Å². The number of aromatic nitrogens is 4. The first kappa shape index (κ1) is 18.9. The first-order valence-corrected chi connectivity index (χ1v) is 9.77. The van der Waals surface area contributed by atoms with Crippen LogP contribution in [0.25, 0.3) is 27.5 Å². The lowest BCUT2D eigenvalue weighted by Crippen LogP contribution is -2.14. The summed E-state index contributed by atoms with van der Waals surface area (Å²) >= 11 is 0. The highest BCUT2D eigenvalue weighted by Crippen LogP contribution is 2.28. The van der Waals surface area contributed by atoms with E-state index in [1.807, 2.05) is 44.2 Å². The van der Waals surface area contributed by atoms with E-state index in [9.17, 15) is 9.59 Å². The van der Waals surface area contributed by atoms with E-state index in [1.54, 1.807) is 10.6 Å². The number of aryl methyl sites for hydroxylation is 2. The minimum Gasteiger partial charge on any atom is -0.461 e. The Balaban J connectivity index is 1.46. The summed E-state index contributed by atoms with van der Waals surface area (Å²) in [6.07, 6.45) is 1.47. The van der Waals surface area contributed by atoms with Gasteiger partial charge in [0.2, 0.25) is 0 Å².